The van der Waals surface area contributed by atoms with E-state index in [0.29, 0.717) is 29.7 Å². The summed E-state index contributed by atoms with van der Waals surface area (Å²) in [6, 6.07) is 7.29. The molecule has 0 spiro atoms. The van der Waals surface area contributed by atoms with E-state index in [9.17, 15) is 8.42 Å². The molecular weight excluding hydrogens is 388 g/mol. The number of hydrogen-bond acceptors (Lipinski definition) is 6. The van der Waals surface area contributed by atoms with Crippen LogP contribution in [0.3, 0.4) is 0 Å². The highest BCUT2D eigenvalue weighted by molar-refractivity contribution is 7.88. The van der Waals surface area contributed by atoms with Gasteiger partial charge in [-0.2, -0.15) is 9.29 Å². The van der Waals surface area contributed by atoms with Crippen molar-refractivity contribution in [2.24, 2.45) is 0 Å². The summed E-state index contributed by atoms with van der Waals surface area (Å²) in [5.74, 6) is 0.817. The van der Waals surface area contributed by atoms with E-state index >= 15 is 0 Å². The first kappa shape index (κ1) is 19.7. The van der Waals surface area contributed by atoms with Gasteiger partial charge < -0.3 is 4.52 Å². The second kappa shape index (κ2) is 7.53. The minimum atomic E-state index is -3.29. The molecule has 0 saturated heterocycles. The van der Waals surface area contributed by atoms with Crippen LogP contribution in [-0.2, 0) is 16.4 Å². The number of hydrogen-bond donors (Lipinski definition) is 0. The molecule has 3 rings (SSSR count). The second-order valence-corrected chi connectivity index (χ2v) is 9.06. The van der Waals surface area contributed by atoms with Gasteiger partial charge >= 0.3 is 0 Å². The van der Waals surface area contributed by atoms with E-state index < -0.39 is 10.0 Å². The van der Waals surface area contributed by atoms with Gasteiger partial charge in [-0.05, 0) is 39.0 Å². The fourth-order valence-corrected chi connectivity index (χ4v) is 4.29. The Labute approximate surface area is 163 Å². The summed E-state index contributed by atoms with van der Waals surface area (Å²) < 4.78 is 30.5. The zero-order valence-electron chi connectivity index (χ0n) is 15.6. The highest BCUT2D eigenvalue weighted by atomic mass is 35.5. The SMILES string of the molecule is Cc1nc2cc(Cl)ccc2cc1-c1nc(CCN(C(C)C)S(C)(=O)=O)no1. The van der Waals surface area contributed by atoms with Gasteiger partial charge in [0.15, 0.2) is 5.82 Å². The van der Waals surface area contributed by atoms with Crippen molar-refractivity contribution in [2.75, 3.05) is 12.8 Å². The molecule has 0 saturated carbocycles. The Hall–Kier alpha value is -2.03. The van der Waals surface area contributed by atoms with Crippen molar-refractivity contribution in [3.63, 3.8) is 0 Å². The van der Waals surface area contributed by atoms with Crippen LogP contribution in [0.15, 0.2) is 28.8 Å². The molecule has 27 heavy (non-hydrogen) atoms. The molecule has 9 heteroatoms. The predicted molar refractivity (Wildman–Crippen MR) is 105 cm³/mol. The molecule has 0 N–H and O–H groups in total. The molecule has 7 nitrogen and oxygen atoms in total. The lowest BCUT2D eigenvalue weighted by Gasteiger charge is -2.23. The molecule has 0 radical (unpaired) electrons. The first-order chi connectivity index (χ1) is 12.6. The number of halogens is 1. The van der Waals surface area contributed by atoms with Gasteiger partial charge in [0.2, 0.25) is 10.0 Å². The van der Waals surface area contributed by atoms with Gasteiger partial charge in [0.25, 0.3) is 5.89 Å². The Morgan fingerprint density at radius 1 is 1.22 bits per heavy atom. The molecule has 0 aliphatic carbocycles. The second-order valence-electron chi connectivity index (χ2n) is 6.69. The lowest BCUT2D eigenvalue weighted by atomic mass is 10.1. The first-order valence-electron chi connectivity index (χ1n) is 8.52. The van der Waals surface area contributed by atoms with Gasteiger partial charge in [0.05, 0.1) is 23.0 Å². The van der Waals surface area contributed by atoms with Gasteiger partial charge in [-0.25, -0.2) is 8.42 Å². The molecule has 0 unspecified atom stereocenters. The van der Waals surface area contributed by atoms with E-state index in [1.165, 1.54) is 10.6 Å². The van der Waals surface area contributed by atoms with E-state index in [1.807, 2.05) is 32.9 Å². The largest absolute Gasteiger partial charge is 0.334 e. The van der Waals surface area contributed by atoms with Crippen molar-refractivity contribution in [3.05, 3.63) is 40.8 Å². The summed E-state index contributed by atoms with van der Waals surface area (Å²) in [5, 5.41) is 5.53. The summed E-state index contributed by atoms with van der Waals surface area (Å²) in [4.78, 5) is 8.97. The lowest BCUT2D eigenvalue weighted by molar-refractivity contribution is 0.353. The van der Waals surface area contributed by atoms with E-state index in [2.05, 4.69) is 15.1 Å². The van der Waals surface area contributed by atoms with Crippen molar-refractivity contribution in [1.29, 1.82) is 0 Å². The maximum atomic E-state index is 11.9. The maximum Gasteiger partial charge on any atom is 0.259 e. The van der Waals surface area contributed by atoms with Crippen LogP contribution in [0.1, 0.15) is 25.4 Å². The van der Waals surface area contributed by atoms with Crippen LogP contribution in [0.2, 0.25) is 5.02 Å². The molecule has 2 heterocycles. The number of rotatable bonds is 6. The van der Waals surface area contributed by atoms with Crippen LogP contribution in [0.4, 0.5) is 0 Å². The fourth-order valence-electron chi connectivity index (χ4n) is 2.94. The average Bonchev–Trinajstić information content (AvgIpc) is 3.01. The Kier molecular flexibility index (Phi) is 5.50. The molecule has 0 atom stereocenters. The van der Waals surface area contributed by atoms with E-state index in [4.69, 9.17) is 16.1 Å². The van der Waals surface area contributed by atoms with Gasteiger partial charge in [0, 0.05) is 29.4 Å². The third kappa shape index (κ3) is 4.45. The minimum Gasteiger partial charge on any atom is -0.334 e. The maximum absolute atomic E-state index is 11.9. The predicted octanol–water partition coefficient (Wildman–Crippen LogP) is 3.46. The number of nitrogens with zero attached hydrogens (tertiary/aromatic N) is 4. The number of fused-ring (bicyclic) bond motifs is 1. The molecular formula is C18H21ClN4O3S. The molecule has 144 valence electrons. The van der Waals surface area contributed by atoms with Crippen LogP contribution in [0.5, 0.6) is 0 Å². The third-order valence-electron chi connectivity index (χ3n) is 4.23. The van der Waals surface area contributed by atoms with Crippen molar-refractivity contribution in [3.8, 4) is 11.5 Å². The topological polar surface area (TPSA) is 89.2 Å². The molecule has 0 aliphatic heterocycles. The van der Waals surface area contributed by atoms with Gasteiger partial charge in [-0.1, -0.05) is 22.8 Å². The van der Waals surface area contributed by atoms with Crippen LogP contribution >= 0.6 is 11.6 Å². The smallest absolute Gasteiger partial charge is 0.259 e. The number of sulfonamides is 1. The zero-order chi connectivity index (χ0) is 19.8. The molecule has 3 aromatic rings. The summed E-state index contributed by atoms with van der Waals surface area (Å²) in [6.45, 7) is 5.82. The number of aromatic nitrogens is 3. The van der Waals surface area contributed by atoms with Crippen LogP contribution in [-0.4, -0.2) is 46.7 Å². The normalized spacial score (nSPS) is 12.4. The highest BCUT2D eigenvalue weighted by Gasteiger charge is 2.21. The number of pyridine rings is 1. The molecule has 0 fully saturated rings. The van der Waals surface area contributed by atoms with E-state index in [-0.39, 0.29) is 6.04 Å². The first-order valence-corrected chi connectivity index (χ1v) is 10.7. The highest BCUT2D eigenvalue weighted by Crippen LogP contribution is 2.26. The van der Waals surface area contributed by atoms with E-state index in [1.54, 1.807) is 12.1 Å². The number of aryl methyl sites for hydroxylation is 1. The molecule has 0 amide bonds. The quantitative estimate of drug-likeness (QED) is 0.620. The zero-order valence-corrected chi connectivity index (χ0v) is 17.2. The van der Waals surface area contributed by atoms with Crippen molar-refractivity contribution in [1.82, 2.24) is 19.4 Å². The average molecular weight is 409 g/mol. The molecule has 0 aliphatic rings. The fraction of sp³-hybridized carbons (Fsp3) is 0.389. The van der Waals surface area contributed by atoms with Crippen molar-refractivity contribution in [2.45, 2.75) is 33.2 Å². The summed E-state index contributed by atoms with van der Waals surface area (Å²) >= 11 is 6.02. The molecule has 0 bridgehead atoms. The minimum absolute atomic E-state index is 0.134. The Morgan fingerprint density at radius 2 is 1.96 bits per heavy atom. The third-order valence-corrected chi connectivity index (χ3v) is 5.92. The molecule has 1 aromatic carbocycles. The van der Waals surface area contributed by atoms with Crippen molar-refractivity contribution >= 4 is 32.5 Å². The molecule has 2 aromatic heterocycles. The Morgan fingerprint density at radius 3 is 2.63 bits per heavy atom. The van der Waals surface area contributed by atoms with Gasteiger partial charge in [-0.3, -0.25) is 4.98 Å². The van der Waals surface area contributed by atoms with Crippen LogP contribution in [0, 0.1) is 6.92 Å². The lowest BCUT2D eigenvalue weighted by Crippen LogP contribution is -2.37. The van der Waals surface area contributed by atoms with Crippen LogP contribution < -0.4 is 0 Å². The van der Waals surface area contributed by atoms with Crippen molar-refractivity contribution < 1.29 is 12.9 Å². The number of benzene rings is 1. The standard InChI is InChI=1S/C18H21ClN4O3S/c1-11(2)23(27(4,24)25)8-7-17-21-18(26-22-17)15-9-13-5-6-14(19)10-16(13)20-12(15)3/h5-6,9-11H,7-8H2,1-4H3. The Bertz CT molecular complexity index is 1080. The van der Waals surface area contributed by atoms with E-state index in [0.717, 1.165) is 22.2 Å². The van der Waals surface area contributed by atoms with Gasteiger partial charge in [0.1, 0.15) is 0 Å². The Balaban J connectivity index is 1.84. The summed E-state index contributed by atoms with van der Waals surface area (Å²) in [7, 11) is -3.29. The summed E-state index contributed by atoms with van der Waals surface area (Å²) in [5.41, 5.74) is 2.29. The monoisotopic (exact) mass is 408 g/mol. The van der Waals surface area contributed by atoms with Gasteiger partial charge in [-0.15, -0.1) is 0 Å². The van der Waals surface area contributed by atoms with Crippen LogP contribution in [0.25, 0.3) is 22.4 Å². The summed E-state index contributed by atoms with van der Waals surface area (Å²) in [6.07, 6.45) is 1.56.